The number of para-hydroxylation sites is 1. The molecule has 6 nitrogen and oxygen atoms in total. The van der Waals surface area contributed by atoms with Crippen LogP contribution in [-0.4, -0.2) is 44.7 Å². The summed E-state index contributed by atoms with van der Waals surface area (Å²) in [4.78, 5) is 19.8. The van der Waals surface area contributed by atoms with E-state index in [-0.39, 0.29) is 23.8 Å². The second kappa shape index (κ2) is 8.11. The summed E-state index contributed by atoms with van der Waals surface area (Å²) in [6.45, 7) is 0. The number of fused-ring (bicyclic) bond motifs is 1. The molecular formula is C23H22FN5OS. The van der Waals surface area contributed by atoms with Crippen LogP contribution in [0.4, 0.5) is 9.52 Å². The van der Waals surface area contributed by atoms with Gasteiger partial charge in [0.05, 0.1) is 27.5 Å². The first-order valence-electron chi connectivity index (χ1n) is 10.3. The molecule has 2 heterocycles. The monoisotopic (exact) mass is 435 g/mol. The van der Waals surface area contributed by atoms with Crippen molar-refractivity contribution in [3.8, 4) is 5.69 Å². The average molecular weight is 436 g/mol. The van der Waals surface area contributed by atoms with Gasteiger partial charge in [0, 0.05) is 25.5 Å². The first kappa shape index (κ1) is 19.7. The molecule has 1 amide bonds. The fourth-order valence-corrected chi connectivity index (χ4v) is 5.25. The summed E-state index contributed by atoms with van der Waals surface area (Å²) in [5.74, 6) is -0.293. The molecule has 2 aromatic heterocycles. The molecule has 1 N–H and O–H groups in total. The minimum atomic E-state index is -0.261. The van der Waals surface area contributed by atoms with Gasteiger partial charge in [-0.2, -0.15) is 5.10 Å². The highest BCUT2D eigenvalue weighted by atomic mass is 32.1. The molecule has 8 heteroatoms. The molecule has 1 aliphatic rings. The van der Waals surface area contributed by atoms with Gasteiger partial charge in [-0.25, -0.2) is 14.1 Å². The number of halogens is 1. The van der Waals surface area contributed by atoms with Crippen molar-refractivity contribution in [2.75, 3.05) is 12.4 Å². The number of aromatic nitrogens is 3. The molecule has 0 radical (unpaired) electrons. The van der Waals surface area contributed by atoms with Gasteiger partial charge in [-0.15, -0.1) is 0 Å². The number of benzene rings is 2. The zero-order valence-corrected chi connectivity index (χ0v) is 17.8. The minimum Gasteiger partial charge on any atom is -0.357 e. The Hall–Kier alpha value is -3.26. The maximum absolute atomic E-state index is 13.5. The number of likely N-dealkylation sites (N-methyl/N-ethyl adjacent to an activating group) is 1. The molecule has 31 heavy (non-hydrogen) atoms. The quantitative estimate of drug-likeness (QED) is 0.492. The highest BCUT2D eigenvalue weighted by Crippen LogP contribution is 2.32. The summed E-state index contributed by atoms with van der Waals surface area (Å²) in [6.07, 6.45) is 6.44. The molecule has 1 fully saturated rings. The topological polar surface area (TPSA) is 63.1 Å². The number of nitrogens with zero attached hydrogens (tertiary/aromatic N) is 4. The van der Waals surface area contributed by atoms with Crippen LogP contribution in [0, 0.1) is 5.82 Å². The van der Waals surface area contributed by atoms with Gasteiger partial charge in [-0.1, -0.05) is 23.5 Å². The molecule has 0 spiro atoms. The SMILES string of the molecule is CN(C(=O)c1ccccc1-n1cccn1)[C@@H]1CCC[C@@H]1Nc1nc2ccc(F)cc2s1. The predicted octanol–water partition coefficient (Wildman–Crippen LogP) is 4.73. The standard InChI is InChI=1S/C23H22FN5OS/c1-28(22(30)16-6-2-3-8-19(16)29-13-5-12-25-29)20-9-4-7-17(20)26-23-27-18-11-10-15(24)14-21(18)31-23/h2-3,5-6,8,10-14,17,20H,4,7,9H2,1H3,(H,26,27)/t17-,20+/m0/s1. The van der Waals surface area contributed by atoms with Gasteiger partial charge in [0.2, 0.25) is 0 Å². The normalized spacial score (nSPS) is 18.4. The highest BCUT2D eigenvalue weighted by molar-refractivity contribution is 7.22. The van der Waals surface area contributed by atoms with E-state index in [1.807, 2.05) is 48.5 Å². The number of rotatable bonds is 5. The molecule has 0 aliphatic heterocycles. The van der Waals surface area contributed by atoms with Crippen molar-refractivity contribution in [3.05, 3.63) is 72.3 Å². The molecule has 0 bridgehead atoms. The zero-order chi connectivity index (χ0) is 21.4. The van der Waals surface area contributed by atoms with Crippen LogP contribution in [-0.2, 0) is 0 Å². The van der Waals surface area contributed by atoms with E-state index in [0.29, 0.717) is 5.56 Å². The highest BCUT2D eigenvalue weighted by Gasteiger charge is 2.34. The third kappa shape index (κ3) is 3.79. The Balaban J connectivity index is 1.37. The van der Waals surface area contributed by atoms with E-state index in [4.69, 9.17) is 0 Å². The maximum atomic E-state index is 13.5. The molecule has 5 rings (SSSR count). The molecule has 0 saturated heterocycles. The lowest BCUT2D eigenvalue weighted by Gasteiger charge is -2.30. The smallest absolute Gasteiger partial charge is 0.256 e. The van der Waals surface area contributed by atoms with Crippen LogP contribution >= 0.6 is 11.3 Å². The van der Waals surface area contributed by atoms with E-state index in [0.717, 1.165) is 40.3 Å². The van der Waals surface area contributed by atoms with Crippen LogP contribution in [0.3, 0.4) is 0 Å². The third-order valence-electron chi connectivity index (χ3n) is 5.84. The Morgan fingerprint density at radius 1 is 1.23 bits per heavy atom. The van der Waals surface area contributed by atoms with Crippen LogP contribution in [0.15, 0.2) is 60.9 Å². The Morgan fingerprint density at radius 3 is 2.94 bits per heavy atom. The summed E-state index contributed by atoms with van der Waals surface area (Å²) in [5.41, 5.74) is 2.16. The Morgan fingerprint density at radius 2 is 2.10 bits per heavy atom. The van der Waals surface area contributed by atoms with E-state index in [2.05, 4.69) is 15.4 Å². The van der Waals surface area contributed by atoms with Gasteiger partial charge in [0.25, 0.3) is 5.91 Å². The second-order valence-electron chi connectivity index (χ2n) is 7.76. The van der Waals surface area contributed by atoms with Crippen LogP contribution in [0.25, 0.3) is 15.9 Å². The summed E-state index contributed by atoms with van der Waals surface area (Å²) in [7, 11) is 1.86. The molecule has 1 saturated carbocycles. The summed E-state index contributed by atoms with van der Waals surface area (Å²) in [6, 6.07) is 14.1. The molecule has 0 unspecified atom stereocenters. The van der Waals surface area contributed by atoms with Gasteiger partial charge in [0.1, 0.15) is 5.82 Å². The van der Waals surface area contributed by atoms with Crippen LogP contribution in [0.5, 0.6) is 0 Å². The van der Waals surface area contributed by atoms with E-state index in [1.54, 1.807) is 16.9 Å². The number of anilines is 1. The van der Waals surface area contributed by atoms with Gasteiger partial charge >= 0.3 is 0 Å². The predicted molar refractivity (Wildman–Crippen MR) is 120 cm³/mol. The number of thiazole rings is 1. The van der Waals surface area contributed by atoms with E-state index in [1.165, 1.54) is 23.5 Å². The lowest BCUT2D eigenvalue weighted by Crippen LogP contribution is -2.44. The number of nitrogens with one attached hydrogen (secondary N) is 1. The van der Waals surface area contributed by atoms with Crippen molar-refractivity contribution in [2.45, 2.75) is 31.3 Å². The van der Waals surface area contributed by atoms with E-state index < -0.39 is 0 Å². The molecule has 4 aromatic rings. The van der Waals surface area contributed by atoms with Gasteiger partial charge in [0.15, 0.2) is 5.13 Å². The van der Waals surface area contributed by atoms with Crippen molar-refractivity contribution >= 4 is 32.6 Å². The Bertz CT molecular complexity index is 1220. The van der Waals surface area contributed by atoms with Gasteiger partial charge in [-0.3, -0.25) is 4.79 Å². The molecular weight excluding hydrogens is 413 g/mol. The van der Waals surface area contributed by atoms with Crippen molar-refractivity contribution in [1.29, 1.82) is 0 Å². The lowest BCUT2D eigenvalue weighted by atomic mass is 10.1. The summed E-state index contributed by atoms with van der Waals surface area (Å²) >= 11 is 1.44. The summed E-state index contributed by atoms with van der Waals surface area (Å²) in [5, 5.41) is 8.55. The number of hydrogen-bond donors (Lipinski definition) is 1. The minimum absolute atomic E-state index is 0.0313. The zero-order valence-electron chi connectivity index (χ0n) is 17.0. The summed E-state index contributed by atoms with van der Waals surface area (Å²) < 4.78 is 16.0. The fraction of sp³-hybridized carbons (Fsp3) is 0.261. The third-order valence-corrected chi connectivity index (χ3v) is 6.79. The van der Waals surface area contributed by atoms with E-state index in [9.17, 15) is 9.18 Å². The average Bonchev–Trinajstić information content (AvgIpc) is 3.53. The second-order valence-corrected chi connectivity index (χ2v) is 8.79. The first-order chi connectivity index (χ1) is 15.1. The van der Waals surface area contributed by atoms with E-state index >= 15 is 0 Å². The molecule has 2 atom stereocenters. The van der Waals surface area contributed by atoms with Gasteiger partial charge in [-0.05, 0) is 55.7 Å². The van der Waals surface area contributed by atoms with Crippen molar-refractivity contribution in [2.24, 2.45) is 0 Å². The number of amides is 1. The molecule has 158 valence electrons. The van der Waals surface area contributed by atoms with Crippen molar-refractivity contribution in [1.82, 2.24) is 19.7 Å². The van der Waals surface area contributed by atoms with Crippen LogP contribution < -0.4 is 5.32 Å². The lowest BCUT2D eigenvalue weighted by molar-refractivity contribution is 0.0727. The largest absolute Gasteiger partial charge is 0.357 e. The fourth-order valence-electron chi connectivity index (χ4n) is 4.30. The number of carbonyl (C=O) groups excluding carboxylic acids is 1. The van der Waals surface area contributed by atoms with Crippen molar-refractivity contribution < 1.29 is 9.18 Å². The van der Waals surface area contributed by atoms with Crippen LogP contribution in [0.2, 0.25) is 0 Å². The number of hydrogen-bond acceptors (Lipinski definition) is 5. The Kier molecular flexibility index (Phi) is 5.15. The van der Waals surface area contributed by atoms with Gasteiger partial charge < -0.3 is 10.2 Å². The number of carbonyl (C=O) groups is 1. The maximum Gasteiger partial charge on any atom is 0.256 e. The Labute approximate surface area is 183 Å². The van der Waals surface area contributed by atoms with Crippen LogP contribution in [0.1, 0.15) is 29.6 Å². The van der Waals surface area contributed by atoms with Crippen molar-refractivity contribution in [3.63, 3.8) is 0 Å². The molecule has 2 aromatic carbocycles. The molecule has 1 aliphatic carbocycles. The first-order valence-corrected chi connectivity index (χ1v) is 11.1.